The van der Waals surface area contributed by atoms with Gasteiger partial charge in [-0.25, -0.2) is 17.5 Å². The Hall–Kier alpha value is -0.990. The lowest BCUT2D eigenvalue weighted by atomic mass is 10.2. The molecule has 0 saturated carbocycles. The molecule has 120 valence electrons. The number of nitrogens with two attached hydrogens (primary N) is 1. The number of nitrogens with one attached hydrogen (secondary N) is 1. The minimum Gasteiger partial charge on any atom is -0.492 e. The molecule has 0 amide bonds. The fourth-order valence-corrected chi connectivity index (χ4v) is 3.41. The number of benzene rings is 1. The van der Waals surface area contributed by atoms with E-state index in [1.54, 1.807) is 11.8 Å². The maximum atomic E-state index is 13.7. The van der Waals surface area contributed by atoms with Gasteiger partial charge in [0.1, 0.15) is 0 Å². The maximum Gasteiger partial charge on any atom is 0.240 e. The first-order chi connectivity index (χ1) is 9.92. The van der Waals surface area contributed by atoms with Crippen LogP contribution in [-0.4, -0.2) is 34.1 Å². The van der Waals surface area contributed by atoms with Crippen LogP contribution >= 0.6 is 11.8 Å². The largest absolute Gasteiger partial charge is 0.492 e. The number of sulfonamides is 1. The molecule has 0 spiro atoms. The summed E-state index contributed by atoms with van der Waals surface area (Å²) in [6.45, 7) is 0.324. The van der Waals surface area contributed by atoms with Gasteiger partial charge >= 0.3 is 0 Å². The van der Waals surface area contributed by atoms with Crippen LogP contribution in [0, 0.1) is 5.82 Å². The van der Waals surface area contributed by atoms with Gasteiger partial charge in [0, 0.05) is 6.54 Å². The zero-order chi connectivity index (χ0) is 15.9. The smallest absolute Gasteiger partial charge is 0.240 e. The lowest BCUT2D eigenvalue weighted by Crippen LogP contribution is -2.25. The van der Waals surface area contributed by atoms with Crippen molar-refractivity contribution in [1.29, 1.82) is 0 Å². The van der Waals surface area contributed by atoms with Gasteiger partial charge in [0.05, 0.1) is 17.7 Å². The van der Waals surface area contributed by atoms with Crippen LogP contribution < -0.4 is 15.2 Å². The van der Waals surface area contributed by atoms with Crippen LogP contribution in [0.15, 0.2) is 17.0 Å². The standard InChI is InChI=1S/C13H21FN2O3S2/c1-19-13-11(14)8-10(9-12(13)15)21(17,18)16-6-4-3-5-7-20-2/h8-9,16H,3-7,15H2,1-2H3. The summed E-state index contributed by atoms with van der Waals surface area (Å²) in [6.07, 6.45) is 4.77. The number of thioether (sulfide) groups is 1. The molecule has 1 aromatic carbocycles. The topological polar surface area (TPSA) is 81.4 Å². The van der Waals surface area contributed by atoms with Gasteiger partial charge in [0.15, 0.2) is 11.6 Å². The van der Waals surface area contributed by atoms with Gasteiger partial charge in [0.2, 0.25) is 10.0 Å². The maximum absolute atomic E-state index is 13.7. The van der Waals surface area contributed by atoms with Gasteiger partial charge in [0.25, 0.3) is 0 Å². The lowest BCUT2D eigenvalue weighted by Gasteiger charge is -2.10. The molecule has 0 aromatic heterocycles. The molecule has 0 unspecified atom stereocenters. The van der Waals surface area contributed by atoms with Crippen LogP contribution in [0.5, 0.6) is 5.75 Å². The first-order valence-electron chi connectivity index (χ1n) is 6.54. The van der Waals surface area contributed by atoms with Crippen molar-refractivity contribution in [2.45, 2.75) is 24.2 Å². The van der Waals surface area contributed by atoms with Crippen molar-refractivity contribution in [1.82, 2.24) is 4.72 Å². The SMILES string of the molecule is COc1c(N)cc(S(=O)(=O)NCCCCCSC)cc1F. The molecule has 3 N–H and O–H groups in total. The molecule has 0 saturated heterocycles. The average molecular weight is 336 g/mol. The van der Waals surface area contributed by atoms with E-state index < -0.39 is 15.8 Å². The van der Waals surface area contributed by atoms with Gasteiger partial charge in [-0.15, -0.1) is 0 Å². The van der Waals surface area contributed by atoms with Crippen LogP contribution in [-0.2, 0) is 10.0 Å². The highest BCUT2D eigenvalue weighted by Gasteiger charge is 2.18. The molecule has 0 aliphatic rings. The highest BCUT2D eigenvalue weighted by molar-refractivity contribution is 7.98. The number of halogens is 1. The number of unbranched alkanes of at least 4 members (excludes halogenated alkanes) is 2. The van der Waals surface area contributed by atoms with E-state index in [9.17, 15) is 12.8 Å². The van der Waals surface area contributed by atoms with E-state index in [2.05, 4.69) is 4.72 Å². The molecule has 0 bridgehead atoms. The number of hydrogen-bond acceptors (Lipinski definition) is 5. The Morgan fingerprint density at radius 1 is 1.33 bits per heavy atom. The van der Waals surface area contributed by atoms with E-state index in [0.29, 0.717) is 6.54 Å². The minimum atomic E-state index is -3.75. The second-order valence-electron chi connectivity index (χ2n) is 4.48. The molecule has 0 aliphatic heterocycles. The van der Waals surface area contributed by atoms with E-state index in [0.717, 1.165) is 31.1 Å². The zero-order valence-electron chi connectivity index (χ0n) is 12.2. The predicted molar refractivity (Wildman–Crippen MR) is 84.8 cm³/mol. The summed E-state index contributed by atoms with van der Waals surface area (Å²) in [5, 5.41) is 0. The molecule has 0 radical (unpaired) electrons. The number of methoxy groups -OCH3 is 1. The summed E-state index contributed by atoms with van der Waals surface area (Å²) in [6, 6.07) is 2.10. The summed E-state index contributed by atoms with van der Waals surface area (Å²) in [7, 11) is -2.48. The Kier molecular flexibility index (Phi) is 7.27. The molecule has 5 nitrogen and oxygen atoms in total. The molecule has 0 fully saturated rings. The number of ether oxygens (including phenoxy) is 1. The number of hydrogen-bond donors (Lipinski definition) is 2. The average Bonchev–Trinajstić information content (AvgIpc) is 2.42. The van der Waals surface area contributed by atoms with Gasteiger partial charge in [-0.1, -0.05) is 6.42 Å². The fraction of sp³-hybridized carbons (Fsp3) is 0.538. The van der Waals surface area contributed by atoms with E-state index >= 15 is 0 Å². The Balaban J connectivity index is 2.66. The quantitative estimate of drug-likeness (QED) is 0.534. The Morgan fingerprint density at radius 2 is 2.05 bits per heavy atom. The molecule has 0 atom stereocenters. The second kappa shape index (κ2) is 8.45. The van der Waals surface area contributed by atoms with Gasteiger partial charge in [-0.3, -0.25) is 0 Å². The lowest BCUT2D eigenvalue weighted by molar-refractivity contribution is 0.388. The normalized spacial score (nSPS) is 11.6. The molecule has 21 heavy (non-hydrogen) atoms. The van der Waals surface area contributed by atoms with Crippen molar-refractivity contribution in [2.75, 3.05) is 31.4 Å². The van der Waals surface area contributed by atoms with Crippen molar-refractivity contribution in [3.63, 3.8) is 0 Å². The van der Waals surface area contributed by atoms with Crippen LogP contribution in [0.25, 0.3) is 0 Å². The van der Waals surface area contributed by atoms with Gasteiger partial charge < -0.3 is 10.5 Å². The summed E-state index contributed by atoms with van der Waals surface area (Å²) in [5.41, 5.74) is 5.54. The highest BCUT2D eigenvalue weighted by Crippen LogP contribution is 2.28. The highest BCUT2D eigenvalue weighted by atomic mass is 32.2. The summed E-state index contributed by atoms with van der Waals surface area (Å²) in [4.78, 5) is -0.192. The molecular weight excluding hydrogens is 315 g/mol. The van der Waals surface area contributed by atoms with E-state index in [1.165, 1.54) is 13.2 Å². The Bertz CT molecular complexity index is 542. The van der Waals surface area contributed by atoms with Crippen molar-refractivity contribution in [3.05, 3.63) is 17.9 Å². The summed E-state index contributed by atoms with van der Waals surface area (Å²) < 4.78 is 45.0. The van der Waals surface area contributed by atoms with E-state index in [4.69, 9.17) is 10.5 Å². The Morgan fingerprint density at radius 3 is 2.62 bits per heavy atom. The van der Waals surface area contributed by atoms with Crippen LogP contribution in [0.1, 0.15) is 19.3 Å². The van der Waals surface area contributed by atoms with E-state index in [-0.39, 0.29) is 16.3 Å². The third-order valence-electron chi connectivity index (χ3n) is 2.88. The molecule has 1 aromatic rings. The predicted octanol–water partition coefficient (Wildman–Crippen LogP) is 2.23. The van der Waals surface area contributed by atoms with Crippen LogP contribution in [0.4, 0.5) is 10.1 Å². The van der Waals surface area contributed by atoms with Crippen LogP contribution in [0.2, 0.25) is 0 Å². The van der Waals surface area contributed by atoms with Crippen molar-refractivity contribution >= 4 is 27.5 Å². The van der Waals surface area contributed by atoms with Crippen molar-refractivity contribution < 1.29 is 17.5 Å². The number of nitrogen functional groups attached to an aromatic ring is 1. The summed E-state index contributed by atoms with van der Waals surface area (Å²) >= 11 is 1.76. The Labute approximate surface area is 129 Å². The summed E-state index contributed by atoms with van der Waals surface area (Å²) in [5.74, 6) is 0.122. The molecule has 0 heterocycles. The molecule has 0 aliphatic carbocycles. The monoisotopic (exact) mass is 336 g/mol. The third kappa shape index (κ3) is 5.37. The fourth-order valence-electron chi connectivity index (χ4n) is 1.80. The van der Waals surface area contributed by atoms with Crippen molar-refractivity contribution in [3.8, 4) is 5.75 Å². The van der Waals surface area contributed by atoms with Gasteiger partial charge in [-0.05, 0) is 37.0 Å². The van der Waals surface area contributed by atoms with Crippen molar-refractivity contribution in [2.24, 2.45) is 0 Å². The molecule has 1 rings (SSSR count). The molecular formula is C13H21FN2O3S2. The minimum absolute atomic E-state index is 0.0437. The first kappa shape index (κ1) is 18.1. The van der Waals surface area contributed by atoms with Gasteiger partial charge in [-0.2, -0.15) is 11.8 Å². The number of anilines is 1. The second-order valence-corrected chi connectivity index (χ2v) is 7.23. The van der Waals surface area contributed by atoms with E-state index in [1.807, 2.05) is 6.26 Å². The number of rotatable bonds is 9. The zero-order valence-corrected chi connectivity index (χ0v) is 13.8. The van der Waals surface area contributed by atoms with Crippen LogP contribution in [0.3, 0.4) is 0 Å². The third-order valence-corrected chi connectivity index (χ3v) is 5.01. The first-order valence-corrected chi connectivity index (χ1v) is 9.41. The molecule has 8 heteroatoms.